The van der Waals surface area contributed by atoms with E-state index in [9.17, 15) is 5.11 Å². The zero-order chi connectivity index (χ0) is 10.4. The number of rotatable bonds is 6. The monoisotopic (exact) mass is 201 g/mol. The van der Waals surface area contributed by atoms with E-state index in [4.69, 9.17) is 4.74 Å². The summed E-state index contributed by atoms with van der Waals surface area (Å²) in [4.78, 5) is 2.33. The van der Waals surface area contributed by atoms with Crippen molar-refractivity contribution in [1.29, 1.82) is 0 Å². The summed E-state index contributed by atoms with van der Waals surface area (Å²) in [6.45, 7) is 8.22. The molecule has 1 aliphatic heterocycles. The van der Waals surface area contributed by atoms with Crippen molar-refractivity contribution in [1.82, 2.24) is 4.90 Å². The van der Waals surface area contributed by atoms with Crippen molar-refractivity contribution in [2.75, 3.05) is 32.9 Å². The number of hydrogen-bond acceptors (Lipinski definition) is 3. The van der Waals surface area contributed by atoms with Gasteiger partial charge in [-0.2, -0.15) is 0 Å². The zero-order valence-corrected chi connectivity index (χ0v) is 9.41. The normalized spacial score (nSPS) is 20.6. The van der Waals surface area contributed by atoms with Gasteiger partial charge in [-0.25, -0.2) is 0 Å². The Balaban J connectivity index is 2.17. The van der Waals surface area contributed by atoms with Crippen LogP contribution in [-0.2, 0) is 4.74 Å². The van der Waals surface area contributed by atoms with Gasteiger partial charge in [-0.05, 0) is 31.8 Å². The van der Waals surface area contributed by atoms with E-state index in [1.807, 2.05) is 0 Å². The molecule has 0 aromatic heterocycles. The van der Waals surface area contributed by atoms with Gasteiger partial charge in [-0.1, -0.05) is 13.8 Å². The molecule has 0 aromatic rings. The number of nitrogens with zero attached hydrogens (tertiary/aromatic N) is 1. The molecule has 0 aromatic carbocycles. The zero-order valence-electron chi connectivity index (χ0n) is 9.41. The molecule has 1 unspecified atom stereocenters. The highest BCUT2D eigenvalue weighted by atomic mass is 16.5. The van der Waals surface area contributed by atoms with Crippen LogP contribution in [0.5, 0.6) is 0 Å². The van der Waals surface area contributed by atoms with E-state index in [2.05, 4.69) is 18.7 Å². The summed E-state index contributed by atoms with van der Waals surface area (Å²) >= 11 is 0. The van der Waals surface area contributed by atoms with Gasteiger partial charge in [0.2, 0.25) is 0 Å². The molecule has 14 heavy (non-hydrogen) atoms. The van der Waals surface area contributed by atoms with Gasteiger partial charge in [-0.15, -0.1) is 0 Å². The van der Waals surface area contributed by atoms with Crippen LogP contribution in [0.2, 0.25) is 0 Å². The number of aliphatic hydroxyl groups is 1. The molecular weight excluding hydrogens is 178 g/mol. The summed E-state index contributed by atoms with van der Waals surface area (Å²) in [5.41, 5.74) is 0. The van der Waals surface area contributed by atoms with Crippen molar-refractivity contribution in [3.8, 4) is 0 Å². The molecule has 0 amide bonds. The molecule has 3 nitrogen and oxygen atoms in total. The highest BCUT2D eigenvalue weighted by Crippen LogP contribution is 2.11. The van der Waals surface area contributed by atoms with Crippen LogP contribution < -0.4 is 0 Å². The van der Waals surface area contributed by atoms with Crippen LogP contribution in [-0.4, -0.2) is 49.0 Å². The van der Waals surface area contributed by atoms with Gasteiger partial charge in [0.05, 0.1) is 19.3 Å². The molecule has 1 saturated heterocycles. The third-order valence-corrected chi connectivity index (χ3v) is 2.63. The molecule has 0 spiro atoms. The quantitative estimate of drug-likeness (QED) is 0.699. The molecule has 1 atom stereocenters. The van der Waals surface area contributed by atoms with E-state index in [1.54, 1.807) is 0 Å². The van der Waals surface area contributed by atoms with Crippen LogP contribution in [0, 0.1) is 5.92 Å². The van der Waals surface area contributed by atoms with E-state index in [-0.39, 0.29) is 12.6 Å². The maximum atomic E-state index is 9.23. The van der Waals surface area contributed by atoms with E-state index in [0.717, 1.165) is 19.7 Å². The number of hydrogen-bond donors (Lipinski definition) is 1. The fourth-order valence-electron chi connectivity index (χ4n) is 1.82. The molecule has 0 aliphatic carbocycles. The Bertz CT molecular complexity index is 144. The summed E-state index contributed by atoms with van der Waals surface area (Å²) in [5, 5.41) is 9.23. The second-order valence-electron chi connectivity index (χ2n) is 4.51. The molecule has 1 fully saturated rings. The van der Waals surface area contributed by atoms with Crippen LogP contribution in [0.15, 0.2) is 0 Å². The second kappa shape index (κ2) is 6.38. The Labute approximate surface area is 87.1 Å². The molecule has 1 aliphatic rings. The summed E-state index contributed by atoms with van der Waals surface area (Å²) in [6, 6.07) is 0.219. The van der Waals surface area contributed by atoms with Crippen molar-refractivity contribution >= 4 is 0 Å². The van der Waals surface area contributed by atoms with E-state index >= 15 is 0 Å². The number of likely N-dealkylation sites (tertiary alicyclic amines) is 1. The molecule has 1 N–H and O–H groups in total. The molecule has 0 radical (unpaired) electrons. The van der Waals surface area contributed by atoms with Crippen LogP contribution in [0.4, 0.5) is 0 Å². The lowest BCUT2D eigenvalue weighted by molar-refractivity contribution is 0.0306. The second-order valence-corrected chi connectivity index (χ2v) is 4.51. The molecular formula is C11H23NO2. The minimum Gasteiger partial charge on any atom is -0.395 e. The average molecular weight is 201 g/mol. The maximum absolute atomic E-state index is 9.23. The first-order chi connectivity index (χ1) is 6.74. The highest BCUT2D eigenvalue weighted by molar-refractivity contribution is 4.75. The molecule has 84 valence electrons. The molecule has 0 bridgehead atoms. The number of aliphatic hydroxyl groups excluding tert-OH is 1. The Morgan fingerprint density at radius 1 is 1.21 bits per heavy atom. The fourth-order valence-corrected chi connectivity index (χ4v) is 1.82. The minimum atomic E-state index is 0.219. The van der Waals surface area contributed by atoms with Crippen LogP contribution in [0.1, 0.15) is 26.7 Å². The van der Waals surface area contributed by atoms with Crippen LogP contribution in [0.25, 0.3) is 0 Å². The first-order valence-corrected chi connectivity index (χ1v) is 5.66. The largest absolute Gasteiger partial charge is 0.395 e. The predicted molar refractivity (Wildman–Crippen MR) is 57.3 cm³/mol. The van der Waals surface area contributed by atoms with Gasteiger partial charge in [0, 0.05) is 6.61 Å². The first kappa shape index (κ1) is 12.0. The van der Waals surface area contributed by atoms with Crippen molar-refractivity contribution in [3.63, 3.8) is 0 Å². The first-order valence-electron chi connectivity index (χ1n) is 5.66. The van der Waals surface area contributed by atoms with Crippen molar-refractivity contribution in [3.05, 3.63) is 0 Å². The summed E-state index contributed by atoms with van der Waals surface area (Å²) < 4.78 is 5.56. The van der Waals surface area contributed by atoms with Crippen LogP contribution in [0.3, 0.4) is 0 Å². The summed E-state index contributed by atoms with van der Waals surface area (Å²) in [7, 11) is 0. The Morgan fingerprint density at radius 3 is 2.36 bits per heavy atom. The average Bonchev–Trinajstić information content (AvgIpc) is 2.64. The standard InChI is InChI=1S/C11H23NO2/c1-10(2)8-14-9-11(7-13)12-5-3-4-6-12/h10-11,13H,3-9H2,1-2H3. The topological polar surface area (TPSA) is 32.7 Å². The van der Waals surface area contributed by atoms with Gasteiger partial charge in [0.25, 0.3) is 0 Å². The third-order valence-electron chi connectivity index (χ3n) is 2.63. The number of ether oxygens (including phenoxy) is 1. The molecule has 1 rings (SSSR count). The van der Waals surface area contributed by atoms with Gasteiger partial charge in [-0.3, -0.25) is 4.90 Å². The summed E-state index contributed by atoms with van der Waals surface area (Å²) in [6.07, 6.45) is 2.53. The van der Waals surface area contributed by atoms with Crippen molar-refractivity contribution < 1.29 is 9.84 Å². The Kier molecular flexibility index (Phi) is 5.45. The van der Waals surface area contributed by atoms with Gasteiger partial charge in [0.15, 0.2) is 0 Å². The smallest absolute Gasteiger partial charge is 0.0644 e. The minimum absolute atomic E-state index is 0.219. The Morgan fingerprint density at radius 2 is 1.86 bits per heavy atom. The van der Waals surface area contributed by atoms with Gasteiger partial charge >= 0.3 is 0 Å². The van der Waals surface area contributed by atoms with Crippen LogP contribution >= 0.6 is 0 Å². The lowest BCUT2D eigenvalue weighted by Crippen LogP contribution is -2.39. The van der Waals surface area contributed by atoms with Crippen molar-refractivity contribution in [2.45, 2.75) is 32.7 Å². The fraction of sp³-hybridized carbons (Fsp3) is 1.00. The van der Waals surface area contributed by atoms with E-state index in [1.165, 1.54) is 12.8 Å². The highest BCUT2D eigenvalue weighted by Gasteiger charge is 2.21. The molecule has 1 heterocycles. The van der Waals surface area contributed by atoms with Crippen molar-refractivity contribution in [2.24, 2.45) is 5.92 Å². The van der Waals surface area contributed by atoms with E-state index in [0.29, 0.717) is 12.5 Å². The van der Waals surface area contributed by atoms with Gasteiger partial charge < -0.3 is 9.84 Å². The maximum Gasteiger partial charge on any atom is 0.0644 e. The predicted octanol–water partition coefficient (Wildman–Crippen LogP) is 1.12. The SMILES string of the molecule is CC(C)COCC(CO)N1CCCC1. The Hall–Kier alpha value is -0.120. The molecule has 0 saturated carbocycles. The lowest BCUT2D eigenvalue weighted by atomic mass is 10.2. The lowest BCUT2D eigenvalue weighted by Gasteiger charge is -2.25. The van der Waals surface area contributed by atoms with E-state index < -0.39 is 0 Å². The summed E-state index contributed by atoms with van der Waals surface area (Å²) in [5.74, 6) is 0.577. The third kappa shape index (κ3) is 3.95. The van der Waals surface area contributed by atoms with Gasteiger partial charge in [0.1, 0.15) is 0 Å². The molecule has 3 heteroatoms.